The van der Waals surface area contributed by atoms with Crippen molar-refractivity contribution in [2.75, 3.05) is 0 Å². The molecule has 6 N–H and O–H groups in total. The quantitative estimate of drug-likeness (QED) is 0.433. The number of hydrazine groups is 1. The van der Waals surface area contributed by atoms with Gasteiger partial charge in [0.05, 0.1) is 5.70 Å². The summed E-state index contributed by atoms with van der Waals surface area (Å²) in [6, 6.07) is 16.5. The van der Waals surface area contributed by atoms with Crippen LogP contribution in [0.15, 0.2) is 60.9 Å². The Hall–Kier alpha value is -2.72. The minimum Gasteiger partial charge on any atom is -0.403 e. The predicted octanol–water partition coefficient (Wildman–Crippen LogP) is 2.56. The van der Waals surface area contributed by atoms with Crippen molar-refractivity contribution < 1.29 is 0 Å². The molecule has 1 aromatic heterocycles. The van der Waals surface area contributed by atoms with Gasteiger partial charge in [-0.25, -0.2) is 0 Å². The average molecular weight is 264 g/mol. The van der Waals surface area contributed by atoms with Crippen molar-refractivity contribution in [3.05, 3.63) is 66.5 Å². The molecule has 4 heteroatoms. The van der Waals surface area contributed by atoms with E-state index in [1.807, 2.05) is 18.3 Å². The molecule has 0 amide bonds. The number of nitrogens with one attached hydrogen (secondary N) is 2. The first-order chi connectivity index (χ1) is 9.81. The molecule has 0 atom stereocenters. The van der Waals surface area contributed by atoms with Crippen molar-refractivity contribution in [1.29, 1.82) is 0 Å². The summed E-state index contributed by atoms with van der Waals surface area (Å²) < 4.78 is 0. The first-order valence-electron chi connectivity index (χ1n) is 6.38. The van der Waals surface area contributed by atoms with E-state index in [0.717, 1.165) is 16.6 Å². The first-order valence-corrected chi connectivity index (χ1v) is 6.38. The van der Waals surface area contributed by atoms with Crippen LogP contribution in [-0.4, -0.2) is 4.98 Å². The van der Waals surface area contributed by atoms with E-state index in [2.05, 4.69) is 46.8 Å². The Balaban J connectivity index is 1.98. The van der Waals surface area contributed by atoms with Gasteiger partial charge in [-0.15, -0.1) is 0 Å². The van der Waals surface area contributed by atoms with Crippen molar-refractivity contribution in [2.45, 2.75) is 0 Å². The van der Waals surface area contributed by atoms with Gasteiger partial charge in [-0.2, -0.15) is 0 Å². The van der Waals surface area contributed by atoms with Crippen LogP contribution in [-0.2, 0) is 0 Å². The standard InChI is InChI=1S/C16H16N4/c17-10-16(20-18)12-3-1-11(2-4-12)14-6-5-13-7-8-19-15(13)9-14/h1-10,19-20H,17-18H2/b16-10-. The number of aromatic nitrogens is 1. The van der Waals surface area contributed by atoms with Crippen molar-refractivity contribution >= 4 is 16.6 Å². The number of hydrogen-bond donors (Lipinski definition) is 4. The fourth-order valence-electron chi connectivity index (χ4n) is 2.30. The van der Waals surface area contributed by atoms with Gasteiger partial charge in [0.15, 0.2) is 0 Å². The van der Waals surface area contributed by atoms with Gasteiger partial charge in [0.25, 0.3) is 0 Å². The van der Waals surface area contributed by atoms with Crippen LogP contribution in [0.3, 0.4) is 0 Å². The van der Waals surface area contributed by atoms with Crippen molar-refractivity contribution in [2.24, 2.45) is 11.6 Å². The van der Waals surface area contributed by atoms with E-state index in [1.54, 1.807) is 0 Å². The Morgan fingerprint density at radius 2 is 1.75 bits per heavy atom. The van der Waals surface area contributed by atoms with Crippen LogP contribution in [0.25, 0.3) is 27.7 Å². The zero-order valence-corrected chi connectivity index (χ0v) is 10.9. The Morgan fingerprint density at radius 3 is 2.45 bits per heavy atom. The summed E-state index contributed by atoms with van der Waals surface area (Å²) >= 11 is 0. The lowest BCUT2D eigenvalue weighted by Gasteiger charge is -2.07. The molecular weight excluding hydrogens is 248 g/mol. The molecule has 20 heavy (non-hydrogen) atoms. The van der Waals surface area contributed by atoms with Gasteiger partial charge in [-0.05, 0) is 28.6 Å². The smallest absolute Gasteiger partial charge is 0.0713 e. The summed E-state index contributed by atoms with van der Waals surface area (Å²) in [5.74, 6) is 5.41. The molecule has 0 spiro atoms. The Labute approximate surface area is 117 Å². The zero-order valence-electron chi connectivity index (χ0n) is 10.9. The maximum Gasteiger partial charge on any atom is 0.0713 e. The highest BCUT2D eigenvalue weighted by Crippen LogP contribution is 2.25. The van der Waals surface area contributed by atoms with Crippen molar-refractivity contribution in [3.63, 3.8) is 0 Å². The van der Waals surface area contributed by atoms with Gasteiger partial charge in [0.2, 0.25) is 0 Å². The third-order valence-corrected chi connectivity index (χ3v) is 3.41. The van der Waals surface area contributed by atoms with E-state index in [0.29, 0.717) is 5.70 Å². The van der Waals surface area contributed by atoms with Crippen LogP contribution in [0, 0.1) is 0 Å². The van der Waals surface area contributed by atoms with Crippen molar-refractivity contribution in [3.8, 4) is 11.1 Å². The van der Waals surface area contributed by atoms with Gasteiger partial charge < -0.3 is 16.1 Å². The minimum atomic E-state index is 0.705. The molecule has 3 aromatic rings. The van der Waals surface area contributed by atoms with E-state index in [1.165, 1.54) is 17.1 Å². The number of H-pyrrole nitrogens is 1. The summed E-state index contributed by atoms with van der Waals surface area (Å²) in [5.41, 5.74) is 13.2. The van der Waals surface area contributed by atoms with Gasteiger partial charge in [-0.1, -0.05) is 36.4 Å². The number of aromatic amines is 1. The van der Waals surface area contributed by atoms with Gasteiger partial charge in [-0.3, -0.25) is 5.84 Å². The molecule has 0 saturated heterocycles. The summed E-state index contributed by atoms with van der Waals surface area (Å²) in [6.07, 6.45) is 3.41. The highest BCUT2D eigenvalue weighted by atomic mass is 15.2. The summed E-state index contributed by atoms with van der Waals surface area (Å²) in [5, 5.41) is 1.21. The predicted molar refractivity (Wildman–Crippen MR) is 83.2 cm³/mol. The summed E-state index contributed by atoms with van der Waals surface area (Å²) in [7, 11) is 0. The van der Waals surface area contributed by atoms with Crippen LogP contribution in [0.1, 0.15) is 5.56 Å². The molecule has 0 bridgehead atoms. The first kappa shape index (κ1) is 12.3. The van der Waals surface area contributed by atoms with E-state index in [4.69, 9.17) is 11.6 Å². The lowest BCUT2D eigenvalue weighted by molar-refractivity contribution is 0.988. The van der Waals surface area contributed by atoms with E-state index < -0.39 is 0 Å². The SMILES string of the molecule is N/C=C(\NN)c1ccc(-c2ccc3cc[nH]c3c2)cc1. The number of fused-ring (bicyclic) bond motifs is 1. The monoisotopic (exact) mass is 264 g/mol. The fraction of sp³-hybridized carbons (Fsp3) is 0. The van der Waals surface area contributed by atoms with Crippen molar-refractivity contribution in [1.82, 2.24) is 10.4 Å². The number of nitrogens with two attached hydrogens (primary N) is 2. The number of benzene rings is 2. The Bertz CT molecular complexity index is 754. The number of hydrogen-bond acceptors (Lipinski definition) is 3. The second-order valence-corrected chi connectivity index (χ2v) is 4.58. The maximum atomic E-state index is 5.51. The van der Waals surface area contributed by atoms with Gasteiger partial charge in [0, 0.05) is 23.5 Å². The van der Waals surface area contributed by atoms with E-state index in [9.17, 15) is 0 Å². The third kappa shape index (κ3) is 2.13. The summed E-state index contributed by atoms with van der Waals surface area (Å²) in [4.78, 5) is 3.23. The third-order valence-electron chi connectivity index (χ3n) is 3.41. The molecular formula is C16H16N4. The molecule has 1 heterocycles. The molecule has 3 rings (SSSR count). The Kier molecular flexibility index (Phi) is 3.15. The van der Waals surface area contributed by atoms with Crippen LogP contribution in [0.2, 0.25) is 0 Å². The highest BCUT2D eigenvalue weighted by Gasteiger charge is 2.02. The average Bonchev–Trinajstić information content (AvgIpc) is 2.96. The maximum absolute atomic E-state index is 5.51. The molecule has 0 saturated carbocycles. The number of rotatable bonds is 3. The highest BCUT2D eigenvalue weighted by molar-refractivity contribution is 5.85. The van der Waals surface area contributed by atoms with Crippen LogP contribution in [0.4, 0.5) is 0 Å². The minimum absolute atomic E-state index is 0.705. The second kappa shape index (κ2) is 5.11. The molecule has 0 unspecified atom stereocenters. The fourth-order valence-corrected chi connectivity index (χ4v) is 2.30. The van der Waals surface area contributed by atoms with E-state index in [-0.39, 0.29) is 0 Å². The van der Waals surface area contributed by atoms with Gasteiger partial charge in [0.1, 0.15) is 0 Å². The molecule has 0 aliphatic heterocycles. The van der Waals surface area contributed by atoms with Crippen LogP contribution >= 0.6 is 0 Å². The lowest BCUT2D eigenvalue weighted by Crippen LogP contribution is -2.20. The zero-order chi connectivity index (χ0) is 13.9. The second-order valence-electron chi connectivity index (χ2n) is 4.58. The molecule has 2 aromatic carbocycles. The van der Waals surface area contributed by atoms with E-state index >= 15 is 0 Å². The van der Waals surface area contributed by atoms with Crippen LogP contribution < -0.4 is 17.0 Å². The normalized spacial score (nSPS) is 11.8. The van der Waals surface area contributed by atoms with Gasteiger partial charge >= 0.3 is 0 Å². The largest absolute Gasteiger partial charge is 0.403 e. The van der Waals surface area contributed by atoms with Crippen LogP contribution in [0.5, 0.6) is 0 Å². The molecule has 100 valence electrons. The molecule has 0 aliphatic rings. The molecule has 0 radical (unpaired) electrons. The Morgan fingerprint density at radius 1 is 1.00 bits per heavy atom. The molecule has 0 fully saturated rings. The summed E-state index contributed by atoms with van der Waals surface area (Å²) in [6.45, 7) is 0. The molecule has 4 nitrogen and oxygen atoms in total. The topological polar surface area (TPSA) is 79.9 Å². The lowest BCUT2D eigenvalue weighted by atomic mass is 10.0. The molecule has 0 aliphatic carbocycles.